The SMILES string of the molecule is CCCCCC[C@H](O)[C@@H](CI)C(=O)CCCCC. The molecule has 0 aliphatic heterocycles. The molecule has 0 saturated carbocycles. The van der Waals surface area contributed by atoms with Crippen LogP contribution in [0.15, 0.2) is 0 Å². The van der Waals surface area contributed by atoms with Crippen molar-refractivity contribution in [2.45, 2.75) is 77.7 Å². The number of halogens is 1. The third kappa shape index (κ3) is 8.46. The van der Waals surface area contributed by atoms with Gasteiger partial charge in [0.15, 0.2) is 0 Å². The van der Waals surface area contributed by atoms with Gasteiger partial charge in [-0.05, 0) is 12.8 Å². The molecule has 0 aromatic carbocycles. The lowest BCUT2D eigenvalue weighted by molar-refractivity contribution is -0.125. The summed E-state index contributed by atoms with van der Waals surface area (Å²) in [5.74, 6) is 0.130. The van der Waals surface area contributed by atoms with Crippen molar-refractivity contribution in [3.63, 3.8) is 0 Å². The molecule has 0 heterocycles. The minimum absolute atomic E-state index is 0.135. The molecule has 0 bridgehead atoms. The molecule has 0 fully saturated rings. The molecule has 108 valence electrons. The molecular formula is C15H29IO2. The average molecular weight is 368 g/mol. The Morgan fingerprint density at radius 1 is 1.06 bits per heavy atom. The second-order valence-corrected chi connectivity index (χ2v) is 5.98. The number of rotatable bonds is 12. The van der Waals surface area contributed by atoms with Crippen LogP contribution >= 0.6 is 22.6 Å². The first kappa shape index (κ1) is 18.4. The largest absolute Gasteiger partial charge is 0.392 e. The van der Waals surface area contributed by atoms with Gasteiger partial charge in [0.25, 0.3) is 0 Å². The van der Waals surface area contributed by atoms with E-state index in [0.717, 1.165) is 36.5 Å². The summed E-state index contributed by atoms with van der Waals surface area (Å²) in [6.45, 7) is 4.32. The maximum Gasteiger partial charge on any atom is 0.139 e. The Morgan fingerprint density at radius 3 is 2.22 bits per heavy atom. The van der Waals surface area contributed by atoms with E-state index in [9.17, 15) is 9.90 Å². The minimum Gasteiger partial charge on any atom is -0.392 e. The monoisotopic (exact) mass is 368 g/mol. The van der Waals surface area contributed by atoms with E-state index in [1.54, 1.807) is 0 Å². The quantitative estimate of drug-likeness (QED) is 0.312. The van der Waals surface area contributed by atoms with Crippen molar-refractivity contribution in [3.8, 4) is 0 Å². The van der Waals surface area contributed by atoms with Gasteiger partial charge < -0.3 is 5.11 Å². The number of carbonyl (C=O) groups excluding carboxylic acids is 1. The second-order valence-electron chi connectivity index (χ2n) is 5.10. The molecule has 18 heavy (non-hydrogen) atoms. The van der Waals surface area contributed by atoms with Gasteiger partial charge in [0.1, 0.15) is 5.78 Å². The van der Waals surface area contributed by atoms with E-state index in [2.05, 4.69) is 36.4 Å². The highest BCUT2D eigenvalue weighted by Crippen LogP contribution is 2.18. The highest BCUT2D eigenvalue weighted by Gasteiger charge is 2.24. The Balaban J connectivity index is 3.93. The molecule has 0 spiro atoms. The van der Waals surface area contributed by atoms with Crippen LogP contribution in [0.3, 0.4) is 0 Å². The van der Waals surface area contributed by atoms with Gasteiger partial charge in [-0.3, -0.25) is 4.79 Å². The van der Waals surface area contributed by atoms with Gasteiger partial charge in [-0.15, -0.1) is 0 Å². The number of hydrogen-bond donors (Lipinski definition) is 1. The predicted molar refractivity (Wildman–Crippen MR) is 86.3 cm³/mol. The normalized spacial score (nSPS) is 14.4. The Labute approximate surface area is 126 Å². The summed E-state index contributed by atoms with van der Waals surface area (Å²) in [5.41, 5.74) is 0. The molecule has 0 rings (SSSR count). The Kier molecular flexibility index (Phi) is 12.6. The number of unbranched alkanes of at least 4 members (excludes halogenated alkanes) is 5. The van der Waals surface area contributed by atoms with E-state index in [0.29, 0.717) is 6.42 Å². The fourth-order valence-corrected chi connectivity index (χ4v) is 3.20. The standard InChI is InChI=1S/C15H29IO2/c1-3-5-7-9-11-15(18)13(12-16)14(17)10-8-6-4-2/h13,15,18H,3-12H2,1-2H3/t13-,15-/m0/s1. The summed E-state index contributed by atoms with van der Waals surface area (Å²) in [7, 11) is 0. The highest BCUT2D eigenvalue weighted by atomic mass is 127. The van der Waals surface area contributed by atoms with E-state index in [1.165, 1.54) is 19.3 Å². The number of aliphatic hydroxyl groups is 1. The maximum absolute atomic E-state index is 12.0. The molecule has 0 amide bonds. The van der Waals surface area contributed by atoms with Crippen molar-refractivity contribution in [2.75, 3.05) is 4.43 Å². The molecule has 2 atom stereocenters. The van der Waals surface area contributed by atoms with Crippen LogP contribution in [-0.4, -0.2) is 21.4 Å². The molecule has 0 aliphatic rings. The fourth-order valence-electron chi connectivity index (χ4n) is 2.12. The van der Waals surface area contributed by atoms with Crippen LogP contribution in [0, 0.1) is 5.92 Å². The third-order valence-corrected chi connectivity index (χ3v) is 4.37. The highest BCUT2D eigenvalue weighted by molar-refractivity contribution is 14.1. The number of alkyl halides is 1. The minimum atomic E-state index is -0.423. The van der Waals surface area contributed by atoms with Crippen LogP contribution in [0.1, 0.15) is 71.6 Å². The summed E-state index contributed by atoms with van der Waals surface area (Å²) in [4.78, 5) is 12.0. The second kappa shape index (κ2) is 12.4. The average Bonchev–Trinajstić information content (AvgIpc) is 2.36. The number of carbonyl (C=O) groups is 1. The molecule has 1 N–H and O–H groups in total. The molecule has 0 aromatic heterocycles. The number of aliphatic hydroxyl groups excluding tert-OH is 1. The zero-order chi connectivity index (χ0) is 13.8. The van der Waals surface area contributed by atoms with E-state index in [1.807, 2.05) is 0 Å². The molecule has 0 saturated heterocycles. The Bertz CT molecular complexity index is 207. The van der Waals surface area contributed by atoms with Crippen LogP contribution in [0.2, 0.25) is 0 Å². The predicted octanol–water partition coefficient (Wildman–Crippen LogP) is 4.52. The van der Waals surface area contributed by atoms with Gasteiger partial charge in [-0.25, -0.2) is 0 Å². The third-order valence-electron chi connectivity index (χ3n) is 3.42. The van der Waals surface area contributed by atoms with Crippen molar-refractivity contribution < 1.29 is 9.90 Å². The van der Waals surface area contributed by atoms with Gasteiger partial charge >= 0.3 is 0 Å². The molecule has 2 nitrogen and oxygen atoms in total. The Hall–Kier alpha value is 0.360. The summed E-state index contributed by atoms with van der Waals surface area (Å²) >= 11 is 2.23. The maximum atomic E-state index is 12.0. The first-order valence-electron chi connectivity index (χ1n) is 7.44. The van der Waals surface area contributed by atoms with Crippen molar-refractivity contribution in [3.05, 3.63) is 0 Å². The number of ketones is 1. The molecule has 0 aliphatic carbocycles. The Morgan fingerprint density at radius 2 is 1.67 bits per heavy atom. The van der Waals surface area contributed by atoms with Crippen LogP contribution in [0.5, 0.6) is 0 Å². The lowest BCUT2D eigenvalue weighted by atomic mass is 9.92. The molecule has 0 unspecified atom stereocenters. The van der Waals surface area contributed by atoms with Crippen LogP contribution in [0.25, 0.3) is 0 Å². The topological polar surface area (TPSA) is 37.3 Å². The van der Waals surface area contributed by atoms with Crippen molar-refractivity contribution in [1.29, 1.82) is 0 Å². The zero-order valence-corrected chi connectivity index (χ0v) is 14.1. The summed E-state index contributed by atoms with van der Waals surface area (Å²) in [6.07, 6.45) is 8.90. The summed E-state index contributed by atoms with van der Waals surface area (Å²) in [5, 5.41) is 10.1. The fraction of sp³-hybridized carbons (Fsp3) is 0.933. The summed E-state index contributed by atoms with van der Waals surface area (Å²) < 4.78 is 0.748. The lowest BCUT2D eigenvalue weighted by Crippen LogP contribution is -2.29. The van der Waals surface area contributed by atoms with Crippen molar-refractivity contribution in [1.82, 2.24) is 0 Å². The summed E-state index contributed by atoms with van der Waals surface area (Å²) in [6, 6.07) is 0. The smallest absolute Gasteiger partial charge is 0.139 e. The van der Waals surface area contributed by atoms with Crippen LogP contribution < -0.4 is 0 Å². The molecule has 0 aromatic rings. The molecule has 3 heteroatoms. The van der Waals surface area contributed by atoms with Gasteiger partial charge in [-0.2, -0.15) is 0 Å². The van der Waals surface area contributed by atoms with Gasteiger partial charge in [0.2, 0.25) is 0 Å². The first-order chi connectivity index (χ1) is 8.67. The number of hydrogen-bond acceptors (Lipinski definition) is 2. The van der Waals surface area contributed by atoms with Crippen molar-refractivity contribution in [2.24, 2.45) is 5.92 Å². The van der Waals surface area contributed by atoms with Gasteiger partial charge in [0.05, 0.1) is 12.0 Å². The van der Waals surface area contributed by atoms with E-state index >= 15 is 0 Å². The van der Waals surface area contributed by atoms with Crippen molar-refractivity contribution >= 4 is 28.4 Å². The zero-order valence-electron chi connectivity index (χ0n) is 12.0. The molecule has 0 radical (unpaired) electrons. The van der Waals surface area contributed by atoms with Gasteiger partial charge in [-0.1, -0.05) is 75.0 Å². The van der Waals surface area contributed by atoms with Gasteiger partial charge in [0, 0.05) is 10.8 Å². The number of Topliss-reactive ketones (excluding diaryl/α,β-unsaturated/α-hetero) is 1. The van der Waals surface area contributed by atoms with Crippen LogP contribution in [0.4, 0.5) is 0 Å². The van der Waals surface area contributed by atoms with Crippen LogP contribution in [-0.2, 0) is 4.79 Å². The molecular weight excluding hydrogens is 339 g/mol. The van der Waals surface area contributed by atoms with E-state index < -0.39 is 6.10 Å². The first-order valence-corrected chi connectivity index (χ1v) is 8.96. The van der Waals surface area contributed by atoms with E-state index in [4.69, 9.17) is 0 Å². The lowest BCUT2D eigenvalue weighted by Gasteiger charge is -2.19. The van der Waals surface area contributed by atoms with E-state index in [-0.39, 0.29) is 11.7 Å².